The number of aliphatic hydroxyl groups excluding tert-OH is 1. The van der Waals surface area contributed by atoms with Gasteiger partial charge in [0.05, 0.1) is 12.1 Å². The van der Waals surface area contributed by atoms with Crippen molar-refractivity contribution in [3.63, 3.8) is 0 Å². The minimum absolute atomic E-state index is 0.0619. The molecule has 1 aliphatic rings. The van der Waals surface area contributed by atoms with Crippen molar-refractivity contribution in [2.75, 3.05) is 0 Å². The maximum Gasteiger partial charge on any atom is 0.315 e. The highest BCUT2D eigenvalue weighted by Gasteiger charge is 2.29. The molecule has 2 amide bonds. The highest BCUT2D eigenvalue weighted by molar-refractivity contribution is 5.75. The number of urea groups is 1. The van der Waals surface area contributed by atoms with Crippen LogP contribution in [0.5, 0.6) is 0 Å². The number of hydrogen-bond acceptors (Lipinski definition) is 2. The van der Waals surface area contributed by atoms with Gasteiger partial charge in [0.15, 0.2) is 0 Å². The first-order valence-corrected chi connectivity index (χ1v) is 8.03. The van der Waals surface area contributed by atoms with E-state index < -0.39 is 6.10 Å². The molecule has 3 atom stereocenters. The van der Waals surface area contributed by atoms with Crippen LogP contribution in [0.15, 0.2) is 60.7 Å². The molecule has 3 rings (SSSR count). The molecule has 0 spiro atoms. The van der Waals surface area contributed by atoms with Gasteiger partial charge in [-0.2, -0.15) is 0 Å². The molecule has 4 nitrogen and oxygen atoms in total. The number of nitrogens with one attached hydrogen (secondary N) is 2. The first-order chi connectivity index (χ1) is 11.2. The second kappa shape index (κ2) is 7.29. The summed E-state index contributed by atoms with van der Waals surface area (Å²) in [4.78, 5) is 12.1. The number of rotatable bonds is 4. The van der Waals surface area contributed by atoms with Gasteiger partial charge in [0, 0.05) is 6.04 Å². The van der Waals surface area contributed by atoms with Crippen LogP contribution in [0, 0.1) is 0 Å². The monoisotopic (exact) mass is 310 g/mol. The molecule has 1 heterocycles. The number of amides is 2. The SMILES string of the molecule is O=C1N[C@H](Cc2ccccc2)C[C@@H](O)[C@H](Cc2ccccc2)N1. The van der Waals surface area contributed by atoms with Crippen molar-refractivity contribution >= 4 is 6.03 Å². The molecule has 4 heteroatoms. The minimum atomic E-state index is -0.567. The molecular formula is C19H22N2O2. The number of carbonyl (C=O) groups excluding carboxylic acids is 1. The summed E-state index contributed by atoms with van der Waals surface area (Å²) in [5, 5.41) is 16.4. The van der Waals surface area contributed by atoms with Gasteiger partial charge < -0.3 is 15.7 Å². The second-order valence-corrected chi connectivity index (χ2v) is 6.10. The topological polar surface area (TPSA) is 61.4 Å². The van der Waals surface area contributed by atoms with Gasteiger partial charge in [-0.15, -0.1) is 0 Å². The zero-order valence-corrected chi connectivity index (χ0v) is 13.0. The largest absolute Gasteiger partial charge is 0.391 e. The Kier molecular flexibility index (Phi) is 4.93. The molecule has 0 unspecified atom stereocenters. The third-order valence-electron chi connectivity index (χ3n) is 4.27. The third-order valence-corrected chi connectivity index (χ3v) is 4.27. The van der Waals surface area contributed by atoms with Crippen LogP contribution in [0.1, 0.15) is 17.5 Å². The fraction of sp³-hybridized carbons (Fsp3) is 0.316. The van der Waals surface area contributed by atoms with Crippen LogP contribution in [0.3, 0.4) is 0 Å². The quantitative estimate of drug-likeness (QED) is 0.811. The van der Waals surface area contributed by atoms with Crippen molar-refractivity contribution in [1.82, 2.24) is 10.6 Å². The molecule has 1 fully saturated rings. The first-order valence-electron chi connectivity index (χ1n) is 8.03. The Bertz CT molecular complexity index is 630. The van der Waals surface area contributed by atoms with E-state index in [2.05, 4.69) is 10.6 Å². The smallest absolute Gasteiger partial charge is 0.315 e. The highest BCUT2D eigenvalue weighted by atomic mass is 16.3. The van der Waals surface area contributed by atoms with Crippen LogP contribution < -0.4 is 10.6 Å². The van der Waals surface area contributed by atoms with Crippen molar-refractivity contribution in [3.8, 4) is 0 Å². The van der Waals surface area contributed by atoms with Crippen LogP contribution in [0.2, 0.25) is 0 Å². The average Bonchev–Trinajstić information content (AvgIpc) is 2.68. The molecule has 0 aromatic heterocycles. The lowest BCUT2D eigenvalue weighted by molar-refractivity contribution is 0.121. The molecule has 120 valence electrons. The van der Waals surface area contributed by atoms with Crippen LogP contribution in [0.4, 0.5) is 4.79 Å². The highest BCUT2D eigenvalue weighted by Crippen LogP contribution is 2.15. The van der Waals surface area contributed by atoms with E-state index >= 15 is 0 Å². The van der Waals surface area contributed by atoms with Crippen molar-refractivity contribution in [2.24, 2.45) is 0 Å². The summed E-state index contributed by atoms with van der Waals surface area (Å²) in [6.45, 7) is 0. The van der Waals surface area contributed by atoms with Gasteiger partial charge in [-0.05, 0) is 30.4 Å². The van der Waals surface area contributed by atoms with E-state index in [4.69, 9.17) is 0 Å². The van der Waals surface area contributed by atoms with Crippen LogP contribution in [-0.4, -0.2) is 29.3 Å². The van der Waals surface area contributed by atoms with Crippen molar-refractivity contribution in [2.45, 2.75) is 37.5 Å². The molecule has 0 aliphatic carbocycles. The Morgan fingerprint density at radius 3 is 2.04 bits per heavy atom. The first kappa shape index (κ1) is 15.6. The van der Waals surface area contributed by atoms with E-state index in [1.54, 1.807) is 0 Å². The van der Waals surface area contributed by atoms with Crippen LogP contribution in [0.25, 0.3) is 0 Å². The van der Waals surface area contributed by atoms with Crippen molar-refractivity contribution in [1.29, 1.82) is 0 Å². The Labute approximate surface area is 136 Å². The van der Waals surface area contributed by atoms with Gasteiger partial charge >= 0.3 is 6.03 Å². The average molecular weight is 310 g/mol. The summed E-state index contributed by atoms with van der Waals surface area (Å²) in [6, 6.07) is 19.4. The predicted molar refractivity (Wildman–Crippen MR) is 90.2 cm³/mol. The summed E-state index contributed by atoms with van der Waals surface area (Å²) in [6.07, 6.45) is 1.34. The summed E-state index contributed by atoms with van der Waals surface area (Å²) in [5.41, 5.74) is 2.27. The lowest BCUT2D eigenvalue weighted by Gasteiger charge is -2.21. The summed E-state index contributed by atoms with van der Waals surface area (Å²) < 4.78 is 0. The molecule has 23 heavy (non-hydrogen) atoms. The van der Waals surface area contributed by atoms with Gasteiger partial charge in [0.1, 0.15) is 0 Å². The molecule has 1 saturated heterocycles. The Morgan fingerprint density at radius 2 is 1.43 bits per heavy atom. The number of aliphatic hydroxyl groups is 1. The molecule has 2 aromatic carbocycles. The molecular weight excluding hydrogens is 288 g/mol. The molecule has 0 bridgehead atoms. The summed E-state index contributed by atoms with van der Waals surface area (Å²) >= 11 is 0. The van der Waals surface area contributed by atoms with E-state index in [0.717, 1.165) is 17.5 Å². The maximum absolute atomic E-state index is 12.1. The second-order valence-electron chi connectivity index (χ2n) is 6.10. The van der Waals surface area contributed by atoms with Gasteiger partial charge in [-0.3, -0.25) is 0 Å². The number of carbonyl (C=O) groups is 1. The molecule has 0 saturated carbocycles. The lowest BCUT2D eigenvalue weighted by atomic mass is 9.95. The molecule has 2 aromatic rings. The molecule has 3 N–H and O–H groups in total. The van der Waals surface area contributed by atoms with Crippen LogP contribution in [-0.2, 0) is 12.8 Å². The standard InChI is InChI=1S/C19H22N2O2/c22-18-13-16(11-14-7-3-1-4-8-14)20-19(23)21-17(18)12-15-9-5-2-6-10-15/h1-10,16-18,22H,11-13H2,(H2,20,21,23)/t16-,17+,18-/m1/s1. The third kappa shape index (κ3) is 4.33. The van der Waals surface area contributed by atoms with E-state index in [0.29, 0.717) is 12.8 Å². The van der Waals surface area contributed by atoms with Gasteiger partial charge in [0.25, 0.3) is 0 Å². The summed E-state index contributed by atoms with van der Waals surface area (Å²) in [7, 11) is 0. The van der Waals surface area contributed by atoms with E-state index in [1.165, 1.54) is 0 Å². The van der Waals surface area contributed by atoms with Crippen molar-refractivity contribution in [3.05, 3.63) is 71.8 Å². The van der Waals surface area contributed by atoms with E-state index in [1.807, 2.05) is 60.7 Å². The van der Waals surface area contributed by atoms with Gasteiger partial charge in [-0.25, -0.2) is 4.79 Å². The van der Waals surface area contributed by atoms with Gasteiger partial charge in [0.2, 0.25) is 0 Å². The Hall–Kier alpha value is -2.33. The fourth-order valence-electron chi connectivity index (χ4n) is 3.09. The zero-order chi connectivity index (χ0) is 16.1. The minimum Gasteiger partial charge on any atom is -0.391 e. The maximum atomic E-state index is 12.1. The van der Waals surface area contributed by atoms with E-state index in [9.17, 15) is 9.90 Å². The zero-order valence-electron chi connectivity index (χ0n) is 13.0. The van der Waals surface area contributed by atoms with Gasteiger partial charge in [-0.1, -0.05) is 60.7 Å². The Balaban J connectivity index is 1.66. The van der Waals surface area contributed by atoms with Crippen LogP contribution >= 0.6 is 0 Å². The van der Waals surface area contributed by atoms with Crippen molar-refractivity contribution < 1.29 is 9.90 Å². The molecule has 0 radical (unpaired) electrons. The molecule has 1 aliphatic heterocycles. The van der Waals surface area contributed by atoms with E-state index in [-0.39, 0.29) is 18.1 Å². The predicted octanol–water partition coefficient (Wildman–Crippen LogP) is 2.27. The summed E-state index contributed by atoms with van der Waals surface area (Å²) in [5.74, 6) is 0. The number of benzene rings is 2. The lowest BCUT2D eigenvalue weighted by Crippen LogP contribution is -2.45. The number of hydrogen-bond donors (Lipinski definition) is 3. The normalized spacial score (nSPS) is 24.4. The Morgan fingerprint density at radius 1 is 0.870 bits per heavy atom. The fourth-order valence-corrected chi connectivity index (χ4v) is 3.09.